The molecule has 1 aromatic heterocycles. The van der Waals surface area contributed by atoms with E-state index in [4.69, 9.17) is 16.6 Å². The summed E-state index contributed by atoms with van der Waals surface area (Å²) in [6, 6.07) is 0.969. The molecular weight excluding hydrogens is 238 g/mol. The van der Waals surface area contributed by atoms with Gasteiger partial charge in [-0.15, -0.1) is 11.3 Å². The molecule has 0 bridgehead atoms. The number of hydrogen-bond donors (Lipinski definition) is 4. The summed E-state index contributed by atoms with van der Waals surface area (Å²) < 4.78 is 0. The molecule has 5 nitrogen and oxygen atoms in total. The normalized spacial score (nSPS) is 13.4. The monoisotopic (exact) mass is 255 g/mol. The molecule has 0 aliphatic carbocycles. The van der Waals surface area contributed by atoms with Gasteiger partial charge in [0.25, 0.3) is 0 Å². The number of thiophene rings is 1. The van der Waals surface area contributed by atoms with Crippen LogP contribution in [0.25, 0.3) is 0 Å². The van der Waals surface area contributed by atoms with Crippen LogP contribution in [0.4, 0.5) is 5.00 Å². The summed E-state index contributed by atoms with van der Waals surface area (Å²) in [5.74, 6) is -0.431. The fourth-order valence-electron chi connectivity index (χ4n) is 1.33. The van der Waals surface area contributed by atoms with Gasteiger partial charge in [0, 0.05) is 6.42 Å². The molecule has 6 N–H and O–H groups in total. The lowest BCUT2D eigenvalue weighted by Crippen LogP contribution is -2.32. The van der Waals surface area contributed by atoms with Gasteiger partial charge in [-0.05, 0) is 29.5 Å². The van der Waals surface area contributed by atoms with Crippen molar-refractivity contribution in [3.05, 3.63) is 28.9 Å². The van der Waals surface area contributed by atoms with Gasteiger partial charge in [0.2, 0.25) is 0 Å². The van der Waals surface area contributed by atoms with E-state index in [2.05, 4.69) is 5.32 Å². The van der Waals surface area contributed by atoms with Crippen molar-refractivity contribution in [2.75, 3.05) is 5.32 Å². The smallest absolute Gasteiger partial charge is 0.320 e. The van der Waals surface area contributed by atoms with Crippen LogP contribution in [0.1, 0.15) is 18.9 Å². The Morgan fingerprint density at radius 3 is 3.00 bits per heavy atom. The van der Waals surface area contributed by atoms with Gasteiger partial charge < -0.3 is 21.9 Å². The molecule has 1 unspecified atom stereocenters. The molecule has 1 aromatic rings. The molecule has 94 valence electrons. The van der Waals surface area contributed by atoms with E-state index in [-0.39, 0.29) is 0 Å². The van der Waals surface area contributed by atoms with E-state index < -0.39 is 12.0 Å². The second kappa shape index (κ2) is 6.27. The molecule has 0 radical (unpaired) electrons. The van der Waals surface area contributed by atoms with Crippen LogP contribution in [0.2, 0.25) is 0 Å². The molecule has 0 aliphatic rings. The number of anilines is 1. The molecule has 0 aliphatic heterocycles. The lowest BCUT2D eigenvalue weighted by atomic mass is 10.1. The van der Waals surface area contributed by atoms with Crippen molar-refractivity contribution in [2.24, 2.45) is 11.5 Å². The molecule has 1 heterocycles. The minimum Gasteiger partial charge on any atom is -0.480 e. The summed E-state index contributed by atoms with van der Waals surface area (Å²) in [6.45, 7) is 1.99. The highest BCUT2D eigenvalue weighted by Crippen LogP contribution is 2.25. The van der Waals surface area contributed by atoms with Gasteiger partial charge in [-0.1, -0.05) is 6.92 Å². The number of nitrogens with two attached hydrogens (primary N) is 2. The van der Waals surface area contributed by atoms with Gasteiger partial charge in [0.1, 0.15) is 6.04 Å². The molecule has 0 saturated heterocycles. The van der Waals surface area contributed by atoms with E-state index in [1.807, 2.05) is 24.4 Å². The molecule has 0 amide bonds. The number of nitrogens with one attached hydrogen (secondary N) is 1. The van der Waals surface area contributed by atoms with Crippen LogP contribution in [0.15, 0.2) is 23.3 Å². The summed E-state index contributed by atoms with van der Waals surface area (Å²) in [5.41, 5.74) is 12.1. The second-order valence-corrected chi connectivity index (χ2v) is 4.53. The zero-order valence-corrected chi connectivity index (χ0v) is 10.5. The molecule has 0 fully saturated rings. The maximum absolute atomic E-state index is 10.7. The van der Waals surface area contributed by atoms with Crippen LogP contribution in [0.3, 0.4) is 0 Å². The number of hydrogen-bond acceptors (Lipinski definition) is 5. The highest BCUT2D eigenvalue weighted by atomic mass is 32.1. The average Bonchev–Trinajstić information content (AvgIpc) is 2.65. The number of rotatable bonds is 6. The van der Waals surface area contributed by atoms with E-state index in [0.717, 1.165) is 17.0 Å². The molecular formula is C11H17N3O2S. The Morgan fingerprint density at radius 2 is 2.41 bits per heavy atom. The summed E-state index contributed by atoms with van der Waals surface area (Å²) in [6.07, 6.45) is 3.00. The average molecular weight is 255 g/mol. The SMILES string of the molecule is CC/C=C(/N)Nc1sccc1CC(N)C(=O)O. The first-order chi connectivity index (χ1) is 8.04. The van der Waals surface area contributed by atoms with Crippen LogP contribution < -0.4 is 16.8 Å². The van der Waals surface area contributed by atoms with Crippen LogP contribution in [-0.2, 0) is 11.2 Å². The first-order valence-electron chi connectivity index (χ1n) is 5.32. The highest BCUT2D eigenvalue weighted by Gasteiger charge is 2.15. The number of aliphatic carboxylic acids is 1. The minimum atomic E-state index is -1.00. The third-order valence-electron chi connectivity index (χ3n) is 2.19. The number of carbonyl (C=O) groups is 1. The van der Waals surface area contributed by atoms with Crippen molar-refractivity contribution in [2.45, 2.75) is 25.8 Å². The van der Waals surface area contributed by atoms with Gasteiger partial charge >= 0.3 is 5.97 Å². The third kappa shape index (κ3) is 4.08. The maximum Gasteiger partial charge on any atom is 0.320 e. The van der Waals surface area contributed by atoms with Crippen LogP contribution in [-0.4, -0.2) is 17.1 Å². The quantitative estimate of drug-likeness (QED) is 0.614. The largest absolute Gasteiger partial charge is 0.480 e. The summed E-state index contributed by atoms with van der Waals surface area (Å²) in [4.78, 5) is 10.7. The van der Waals surface area contributed by atoms with Crippen LogP contribution >= 0.6 is 11.3 Å². The molecule has 0 aromatic carbocycles. The fraction of sp³-hybridized carbons (Fsp3) is 0.364. The molecule has 6 heteroatoms. The third-order valence-corrected chi connectivity index (χ3v) is 3.06. The van der Waals surface area contributed by atoms with E-state index >= 15 is 0 Å². The van der Waals surface area contributed by atoms with Crippen molar-refractivity contribution in [1.29, 1.82) is 0 Å². The lowest BCUT2D eigenvalue weighted by Gasteiger charge is -2.09. The van der Waals surface area contributed by atoms with E-state index in [1.54, 1.807) is 0 Å². The topological polar surface area (TPSA) is 101 Å². The van der Waals surface area contributed by atoms with Gasteiger partial charge in [0.05, 0.1) is 10.8 Å². The Balaban J connectivity index is 2.72. The van der Waals surface area contributed by atoms with Crippen molar-refractivity contribution < 1.29 is 9.90 Å². The van der Waals surface area contributed by atoms with Gasteiger partial charge in [0.15, 0.2) is 0 Å². The van der Waals surface area contributed by atoms with Gasteiger partial charge in [-0.3, -0.25) is 4.79 Å². The van der Waals surface area contributed by atoms with Crippen LogP contribution in [0.5, 0.6) is 0 Å². The molecule has 0 spiro atoms. The Bertz CT molecular complexity index is 415. The summed E-state index contributed by atoms with van der Waals surface area (Å²) in [5, 5.41) is 14.5. The molecule has 1 atom stereocenters. The van der Waals surface area contributed by atoms with Crippen LogP contribution in [0, 0.1) is 0 Å². The lowest BCUT2D eigenvalue weighted by molar-refractivity contribution is -0.138. The highest BCUT2D eigenvalue weighted by molar-refractivity contribution is 7.14. The molecule has 1 rings (SSSR count). The van der Waals surface area contributed by atoms with Crippen molar-refractivity contribution >= 4 is 22.3 Å². The minimum absolute atomic E-state index is 0.292. The molecule has 0 saturated carbocycles. The van der Waals surface area contributed by atoms with Crippen molar-refractivity contribution in [3.8, 4) is 0 Å². The number of carboxylic acid groups (broad SMARTS) is 1. The zero-order chi connectivity index (χ0) is 12.8. The second-order valence-electron chi connectivity index (χ2n) is 3.62. The van der Waals surface area contributed by atoms with Crippen molar-refractivity contribution in [3.63, 3.8) is 0 Å². The fourth-order valence-corrected chi connectivity index (χ4v) is 2.18. The standard InChI is InChI=1S/C11H17N3O2S/c1-2-3-9(13)14-10-7(4-5-17-10)6-8(12)11(15)16/h3-5,8,14H,2,6,12-13H2,1H3,(H,15,16)/b9-3-. The number of carboxylic acids is 1. The Hall–Kier alpha value is -1.53. The number of allylic oxidation sites excluding steroid dienone is 1. The first-order valence-corrected chi connectivity index (χ1v) is 6.20. The van der Waals surface area contributed by atoms with Gasteiger partial charge in [-0.2, -0.15) is 0 Å². The maximum atomic E-state index is 10.7. The first kappa shape index (κ1) is 13.5. The predicted octanol–water partition coefficient (Wildman–Crippen LogP) is 1.32. The molecule has 17 heavy (non-hydrogen) atoms. The summed E-state index contributed by atoms with van der Waals surface area (Å²) >= 11 is 1.48. The Labute approximate surface area is 104 Å². The Morgan fingerprint density at radius 1 is 1.71 bits per heavy atom. The van der Waals surface area contributed by atoms with Crippen molar-refractivity contribution in [1.82, 2.24) is 0 Å². The van der Waals surface area contributed by atoms with Gasteiger partial charge in [-0.25, -0.2) is 0 Å². The van der Waals surface area contributed by atoms with E-state index in [0.29, 0.717) is 12.2 Å². The predicted molar refractivity (Wildman–Crippen MR) is 69.8 cm³/mol. The van der Waals surface area contributed by atoms with E-state index in [9.17, 15) is 4.79 Å². The zero-order valence-electron chi connectivity index (χ0n) is 9.64. The summed E-state index contributed by atoms with van der Waals surface area (Å²) in [7, 11) is 0. The Kier molecular flexibility index (Phi) is 4.99. The van der Waals surface area contributed by atoms with E-state index in [1.165, 1.54) is 11.3 Å².